The second-order valence-electron chi connectivity index (χ2n) is 6.65. The van der Waals surface area contributed by atoms with Gasteiger partial charge in [-0.25, -0.2) is 0 Å². The Balaban J connectivity index is 1.76. The number of nitrogens with zero attached hydrogens (tertiary/aromatic N) is 3. The van der Waals surface area contributed by atoms with E-state index in [2.05, 4.69) is 32.6 Å². The highest BCUT2D eigenvalue weighted by Crippen LogP contribution is 2.28. The molecule has 0 unspecified atom stereocenters. The van der Waals surface area contributed by atoms with Gasteiger partial charge in [-0.1, -0.05) is 40.2 Å². The maximum atomic E-state index is 12.8. The summed E-state index contributed by atoms with van der Waals surface area (Å²) in [7, 11) is 2.02. The van der Waals surface area contributed by atoms with Crippen molar-refractivity contribution >= 4 is 32.7 Å². The van der Waals surface area contributed by atoms with Gasteiger partial charge in [0.2, 0.25) is 5.62 Å². The third-order valence-corrected chi connectivity index (χ3v) is 5.26. The fraction of sp³-hybridized carbons (Fsp3) is 0.300. The third-order valence-electron chi connectivity index (χ3n) is 4.73. The Kier molecular flexibility index (Phi) is 4.34. The van der Waals surface area contributed by atoms with Crippen molar-refractivity contribution in [3.05, 3.63) is 64.2 Å². The smallest absolute Gasteiger partial charge is 0.206 e. The lowest BCUT2D eigenvalue weighted by molar-refractivity contribution is 0.0971. The van der Waals surface area contributed by atoms with Crippen LogP contribution in [0.2, 0.25) is 0 Å². The van der Waals surface area contributed by atoms with E-state index < -0.39 is 0 Å². The number of rotatable bonds is 5. The molecule has 3 aromatic rings. The van der Waals surface area contributed by atoms with Gasteiger partial charge in [-0.15, -0.1) is 0 Å². The molecule has 0 N–H and O–H groups in total. The lowest BCUT2D eigenvalue weighted by Gasteiger charge is -2.05. The van der Waals surface area contributed by atoms with Crippen molar-refractivity contribution in [3.63, 3.8) is 0 Å². The molecule has 5 heteroatoms. The molecule has 0 radical (unpaired) electrons. The molecule has 0 spiro atoms. The second kappa shape index (κ2) is 6.64. The van der Waals surface area contributed by atoms with Crippen molar-refractivity contribution in [2.75, 3.05) is 6.54 Å². The van der Waals surface area contributed by atoms with E-state index in [-0.39, 0.29) is 5.78 Å². The first-order valence-corrected chi connectivity index (χ1v) is 9.36. The van der Waals surface area contributed by atoms with Crippen molar-refractivity contribution in [1.29, 1.82) is 0 Å². The Bertz CT molecular complexity index is 994. The monoisotopic (exact) mass is 397 g/mol. The van der Waals surface area contributed by atoms with Gasteiger partial charge in [-0.05, 0) is 43.0 Å². The van der Waals surface area contributed by atoms with E-state index in [1.54, 1.807) is 0 Å². The SMILES string of the molecule is Cn1/c(=N/CC2CC2)n(CC(=O)c2ccc(Br)cc2)c2ccccc21. The molecule has 0 amide bonds. The van der Waals surface area contributed by atoms with Crippen LogP contribution in [0.4, 0.5) is 0 Å². The summed E-state index contributed by atoms with van der Waals surface area (Å²) < 4.78 is 5.11. The predicted molar refractivity (Wildman–Crippen MR) is 103 cm³/mol. The number of para-hydroxylation sites is 2. The molecule has 1 aliphatic carbocycles. The van der Waals surface area contributed by atoms with Crippen LogP contribution in [0.5, 0.6) is 0 Å². The maximum Gasteiger partial charge on any atom is 0.206 e. The average molecular weight is 398 g/mol. The Morgan fingerprint density at radius 1 is 1.12 bits per heavy atom. The van der Waals surface area contributed by atoms with Gasteiger partial charge in [-0.3, -0.25) is 9.79 Å². The molecule has 4 nitrogen and oxygen atoms in total. The van der Waals surface area contributed by atoms with Gasteiger partial charge in [0.15, 0.2) is 5.78 Å². The van der Waals surface area contributed by atoms with Crippen LogP contribution in [0.25, 0.3) is 11.0 Å². The van der Waals surface area contributed by atoms with Crippen molar-refractivity contribution in [3.8, 4) is 0 Å². The normalized spacial score (nSPS) is 15.0. The first-order chi connectivity index (χ1) is 12.1. The number of halogens is 1. The highest BCUT2D eigenvalue weighted by atomic mass is 79.9. The van der Waals surface area contributed by atoms with Gasteiger partial charge in [0.05, 0.1) is 17.6 Å². The molecule has 1 aromatic heterocycles. The largest absolute Gasteiger partial charge is 0.313 e. The first-order valence-electron chi connectivity index (χ1n) is 8.57. The van der Waals surface area contributed by atoms with Gasteiger partial charge in [0.1, 0.15) is 0 Å². The molecule has 0 saturated heterocycles. The Morgan fingerprint density at radius 3 is 2.48 bits per heavy atom. The van der Waals surface area contributed by atoms with Crippen LogP contribution in [-0.4, -0.2) is 21.5 Å². The Morgan fingerprint density at radius 2 is 1.80 bits per heavy atom. The quantitative estimate of drug-likeness (QED) is 0.601. The number of aryl methyl sites for hydroxylation is 1. The molecule has 4 rings (SSSR count). The van der Waals surface area contributed by atoms with Gasteiger partial charge in [0.25, 0.3) is 0 Å². The van der Waals surface area contributed by atoms with Crippen LogP contribution in [0.3, 0.4) is 0 Å². The zero-order chi connectivity index (χ0) is 17.4. The van der Waals surface area contributed by atoms with Crippen LogP contribution in [0.1, 0.15) is 23.2 Å². The van der Waals surface area contributed by atoms with Gasteiger partial charge < -0.3 is 9.13 Å². The number of ketones is 1. The van der Waals surface area contributed by atoms with E-state index in [0.717, 1.165) is 33.2 Å². The van der Waals surface area contributed by atoms with Crippen LogP contribution in [0, 0.1) is 5.92 Å². The highest BCUT2D eigenvalue weighted by molar-refractivity contribution is 9.10. The lowest BCUT2D eigenvalue weighted by atomic mass is 10.1. The first kappa shape index (κ1) is 16.3. The Hall–Kier alpha value is -2.14. The standard InChI is InChI=1S/C20H20BrN3O/c1-23-17-4-2-3-5-18(17)24(20(23)22-12-14-6-7-14)13-19(25)15-8-10-16(21)11-9-15/h2-5,8-11,14H,6-7,12-13H2,1H3/b22-20-. The second-order valence-corrected chi connectivity index (χ2v) is 7.56. The summed E-state index contributed by atoms with van der Waals surface area (Å²) >= 11 is 3.41. The molecule has 1 heterocycles. The van der Waals surface area contributed by atoms with E-state index in [9.17, 15) is 4.79 Å². The number of benzene rings is 2. The van der Waals surface area contributed by atoms with E-state index in [0.29, 0.717) is 12.5 Å². The minimum absolute atomic E-state index is 0.0942. The summed E-state index contributed by atoms with van der Waals surface area (Å²) in [6, 6.07) is 15.7. The fourth-order valence-corrected chi connectivity index (χ4v) is 3.37. The molecule has 0 bridgehead atoms. The van der Waals surface area contributed by atoms with E-state index in [4.69, 9.17) is 4.99 Å². The zero-order valence-electron chi connectivity index (χ0n) is 14.2. The summed E-state index contributed by atoms with van der Waals surface area (Å²) in [6.07, 6.45) is 2.54. The molecule has 25 heavy (non-hydrogen) atoms. The molecule has 2 aromatic carbocycles. The summed E-state index contributed by atoms with van der Waals surface area (Å²) in [5.41, 5.74) is 3.74. The minimum atomic E-state index is 0.0942. The van der Waals surface area contributed by atoms with Crippen molar-refractivity contribution in [2.24, 2.45) is 18.0 Å². The van der Waals surface area contributed by atoms with Crippen LogP contribution >= 0.6 is 15.9 Å². The number of carbonyl (C=O) groups excluding carboxylic acids is 1. The lowest BCUT2D eigenvalue weighted by Crippen LogP contribution is -2.28. The van der Waals surface area contributed by atoms with Crippen LogP contribution in [0.15, 0.2) is 58.0 Å². The van der Waals surface area contributed by atoms with E-state index >= 15 is 0 Å². The summed E-state index contributed by atoms with van der Waals surface area (Å²) in [5, 5.41) is 0. The number of Topliss-reactive ketones (excluding diaryl/α,β-unsaturated/α-hetero) is 1. The number of carbonyl (C=O) groups is 1. The van der Waals surface area contributed by atoms with Crippen molar-refractivity contribution in [2.45, 2.75) is 19.4 Å². The molecule has 128 valence electrons. The predicted octanol–water partition coefficient (Wildman–Crippen LogP) is 3.94. The zero-order valence-corrected chi connectivity index (χ0v) is 15.7. The number of hydrogen-bond donors (Lipinski definition) is 0. The van der Waals surface area contributed by atoms with Gasteiger partial charge in [-0.2, -0.15) is 0 Å². The molecular weight excluding hydrogens is 378 g/mol. The van der Waals surface area contributed by atoms with Crippen molar-refractivity contribution in [1.82, 2.24) is 9.13 Å². The van der Waals surface area contributed by atoms with Crippen molar-refractivity contribution < 1.29 is 4.79 Å². The highest BCUT2D eigenvalue weighted by Gasteiger charge is 2.21. The summed E-state index contributed by atoms with van der Waals surface area (Å²) in [4.78, 5) is 17.6. The van der Waals surface area contributed by atoms with E-state index in [1.807, 2.05) is 48.0 Å². The van der Waals surface area contributed by atoms with E-state index in [1.165, 1.54) is 12.8 Å². The average Bonchev–Trinajstić information content (AvgIpc) is 3.41. The van der Waals surface area contributed by atoms with Gasteiger partial charge in [0, 0.05) is 23.6 Å². The molecule has 0 aliphatic heterocycles. The number of fused-ring (bicyclic) bond motifs is 1. The molecule has 1 saturated carbocycles. The molecule has 1 aliphatic rings. The molecular formula is C20H20BrN3O. The molecule has 0 atom stereocenters. The Labute approximate surface area is 154 Å². The minimum Gasteiger partial charge on any atom is -0.313 e. The third kappa shape index (κ3) is 3.33. The number of imidazole rings is 1. The molecule has 1 fully saturated rings. The number of aromatic nitrogens is 2. The summed E-state index contributed by atoms with van der Waals surface area (Å²) in [6.45, 7) is 1.14. The number of hydrogen-bond acceptors (Lipinski definition) is 2. The topological polar surface area (TPSA) is 39.3 Å². The fourth-order valence-electron chi connectivity index (χ4n) is 3.10. The summed E-state index contributed by atoms with van der Waals surface area (Å²) in [5.74, 6) is 0.811. The van der Waals surface area contributed by atoms with Crippen LogP contribution < -0.4 is 5.62 Å². The maximum absolute atomic E-state index is 12.8. The van der Waals surface area contributed by atoms with Gasteiger partial charge >= 0.3 is 0 Å². The van der Waals surface area contributed by atoms with Crippen LogP contribution in [-0.2, 0) is 13.6 Å².